The number of rotatable bonds is 4. The second kappa shape index (κ2) is 6.04. The summed E-state index contributed by atoms with van der Waals surface area (Å²) in [6.45, 7) is 3.78. The average molecular weight is 312 g/mol. The maximum absolute atomic E-state index is 12.3. The van der Waals surface area contributed by atoms with E-state index in [9.17, 15) is 9.59 Å². The Labute approximate surface area is 131 Å². The van der Waals surface area contributed by atoms with Crippen LogP contribution in [0.3, 0.4) is 0 Å². The monoisotopic (exact) mass is 312 g/mol. The number of nitrogens with one attached hydrogen (secondary N) is 1. The Hall–Kier alpha value is -2.96. The SMILES string of the molecule is Cc1noc(C)c1CNC(=O)Cn1ncc2ccccc2c1=O. The van der Waals surface area contributed by atoms with Crippen molar-refractivity contribution in [2.24, 2.45) is 0 Å². The van der Waals surface area contributed by atoms with Gasteiger partial charge < -0.3 is 9.84 Å². The molecule has 0 fully saturated rings. The molecule has 118 valence electrons. The number of aryl methyl sites for hydroxylation is 2. The molecule has 0 spiro atoms. The maximum atomic E-state index is 12.3. The highest BCUT2D eigenvalue weighted by atomic mass is 16.5. The number of aromatic nitrogens is 3. The fourth-order valence-corrected chi connectivity index (χ4v) is 2.37. The van der Waals surface area contributed by atoms with Crippen LogP contribution in [0.15, 0.2) is 39.8 Å². The van der Waals surface area contributed by atoms with E-state index >= 15 is 0 Å². The van der Waals surface area contributed by atoms with Crippen LogP contribution in [0.2, 0.25) is 0 Å². The zero-order valence-corrected chi connectivity index (χ0v) is 12.9. The Kier molecular flexibility index (Phi) is 3.92. The fourth-order valence-electron chi connectivity index (χ4n) is 2.37. The van der Waals surface area contributed by atoms with Crippen molar-refractivity contribution < 1.29 is 9.32 Å². The Balaban J connectivity index is 1.73. The summed E-state index contributed by atoms with van der Waals surface area (Å²) in [6.07, 6.45) is 1.58. The third-order valence-corrected chi connectivity index (χ3v) is 3.70. The lowest BCUT2D eigenvalue weighted by atomic mass is 10.2. The molecule has 0 aliphatic heterocycles. The van der Waals surface area contributed by atoms with Gasteiger partial charge in [0.25, 0.3) is 5.56 Å². The highest BCUT2D eigenvalue weighted by Gasteiger charge is 2.12. The van der Waals surface area contributed by atoms with Gasteiger partial charge in [-0.2, -0.15) is 5.10 Å². The first-order valence-electron chi connectivity index (χ1n) is 7.19. The van der Waals surface area contributed by atoms with Crippen LogP contribution in [0.1, 0.15) is 17.0 Å². The molecule has 3 aromatic rings. The van der Waals surface area contributed by atoms with E-state index in [1.54, 1.807) is 25.3 Å². The Morgan fingerprint density at radius 1 is 1.30 bits per heavy atom. The van der Waals surface area contributed by atoms with Crippen LogP contribution >= 0.6 is 0 Å². The fraction of sp³-hybridized carbons (Fsp3) is 0.250. The number of hydrogen-bond acceptors (Lipinski definition) is 5. The first-order chi connectivity index (χ1) is 11.1. The Morgan fingerprint density at radius 3 is 2.83 bits per heavy atom. The molecule has 1 N–H and O–H groups in total. The molecule has 0 unspecified atom stereocenters. The van der Waals surface area contributed by atoms with Gasteiger partial charge in [-0.25, -0.2) is 4.68 Å². The van der Waals surface area contributed by atoms with Crippen LogP contribution in [0.5, 0.6) is 0 Å². The van der Waals surface area contributed by atoms with Crippen LogP contribution in [0.25, 0.3) is 10.8 Å². The van der Waals surface area contributed by atoms with E-state index in [1.807, 2.05) is 19.1 Å². The summed E-state index contributed by atoms with van der Waals surface area (Å²) in [6, 6.07) is 7.15. The second-order valence-corrected chi connectivity index (χ2v) is 5.27. The number of hydrogen-bond donors (Lipinski definition) is 1. The number of carbonyl (C=O) groups is 1. The van der Waals surface area contributed by atoms with Gasteiger partial charge in [0, 0.05) is 17.5 Å². The van der Waals surface area contributed by atoms with Gasteiger partial charge in [0.1, 0.15) is 12.3 Å². The number of fused-ring (bicyclic) bond motifs is 1. The zero-order valence-electron chi connectivity index (χ0n) is 12.9. The summed E-state index contributed by atoms with van der Waals surface area (Å²) in [5.41, 5.74) is 1.30. The van der Waals surface area contributed by atoms with Crippen LogP contribution in [0.4, 0.5) is 0 Å². The van der Waals surface area contributed by atoms with Gasteiger partial charge in [0.15, 0.2) is 0 Å². The minimum Gasteiger partial charge on any atom is -0.361 e. The van der Waals surface area contributed by atoms with E-state index in [1.165, 1.54) is 0 Å². The van der Waals surface area contributed by atoms with Crippen molar-refractivity contribution in [3.05, 3.63) is 57.8 Å². The first kappa shape index (κ1) is 15.0. The summed E-state index contributed by atoms with van der Waals surface area (Å²) >= 11 is 0. The average Bonchev–Trinajstić information content (AvgIpc) is 2.87. The molecule has 0 aliphatic rings. The molecule has 0 saturated heterocycles. The van der Waals surface area contributed by atoms with E-state index in [0.717, 1.165) is 21.3 Å². The van der Waals surface area contributed by atoms with Crippen molar-refractivity contribution in [2.45, 2.75) is 26.9 Å². The molecule has 7 heteroatoms. The molecule has 0 saturated carbocycles. The zero-order chi connectivity index (χ0) is 16.4. The van der Waals surface area contributed by atoms with Crippen molar-refractivity contribution in [1.29, 1.82) is 0 Å². The molecule has 0 aliphatic carbocycles. The molecule has 7 nitrogen and oxygen atoms in total. The number of benzene rings is 1. The molecule has 0 atom stereocenters. The third-order valence-electron chi connectivity index (χ3n) is 3.70. The Bertz CT molecular complexity index is 907. The highest BCUT2D eigenvalue weighted by molar-refractivity contribution is 5.81. The van der Waals surface area contributed by atoms with Gasteiger partial charge in [-0.15, -0.1) is 0 Å². The van der Waals surface area contributed by atoms with Gasteiger partial charge in [-0.3, -0.25) is 9.59 Å². The molecular weight excluding hydrogens is 296 g/mol. The minimum atomic E-state index is -0.296. The van der Waals surface area contributed by atoms with Gasteiger partial charge in [-0.1, -0.05) is 23.4 Å². The number of carbonyl (C=O) groups excluding carboxylic acids is 1. The van der Waals surface area contributed by atoms with Crippen LogP contribution in [0, 0.1) is 13.8 Å². The standard InChI is InChI=1S/C16H16N4O3/c1-10-14(11(2)23-19-10)8-17-15(21)9-20-16(22)13-6-4-3-5-12(13)7-18-20/h3-7H,8-9H2,1-2H3,(H,17,21). The molecule has 23 heavy (non-hydrogen) atoms. The molecule has 2 aromatic heterocycles. The third kappa shape index (κ3) is 2.98. The second-order valence-electron chi connectivity index (χ2n) is 5.27. The topological polar surface area (TPSA) is 90.0 Å². The van der Waals surface area contributed by atoms with E-state index in [4.69, 9.17) is 4.52 Å². The van der Waals surface area contributed by atoms with E-state index in [2.05, 4.69) is 15.6 Å². The van der Waals surface area contributed by atoms with Crippen molar-refractivity contribution >= 4 is 16.7 Å². The van der Waals surface area contributed by atoms with Crippen molar-refractivity contribution in [2.75, 3.05) is 0 Å². The highest BCUT2D eigenvalue weighted by Crippen LogP contribution is 2.11. The summed E-state index contributed by atoms with van der Waals surface area (Å²) < 4.78 is 6.20. The molecule has 0 bridgehead atoms. The van der Waals surface area contributed by atoms with Crippen molar-refractivity contribution in [3.8, 4) is 0 Å². The summed E-state index contributed by atoms with van der Waals surface area (Å²) in [7, 11) is 0. The molecule has 1 amide bonds. The number of amides is 1. The smallest absolute Gasteiger partial charge is 0.275 e. The normalized spacial score (nSPS) is 10.9. The lowest BCUT2D eigenvalue weighted by molar-refractivity contribution is -0.122. The van der Waals surface area contributed by atoms with Crippen molar-refractivity contribution in [1.82, 2.24) is 20.3 Å². The van der Waals surface area contributed by atoms with E-state index < -0.39 is 0 Å². The molecule has 3 rings (SSSR count). The molecule has 1 aromatic carbocycles. The number of nitrogens with zero attached hydrogens (tertiary/aromatic N) is 3. The minimum absolute atomic E-state index is 0.132. The Morgan fingerprint density at radius 2 is 2.09 bits per heavy atom. The predicted molar refractivity (Wildman–Crippen MR) is 83.8 cm³/mol. The van der Waals surface area contributed by atoms with Crippen LogP contribution < -0.4 is 10.9 Å². The first-order valence-corrected chi connectivity index (χ1v) is 7.19. The summed E-state index contributed by atoms with van der Waals surface area (Å²) in [5.74, 6) is 0.374. The van der Waals surface area contributed by atoms with Crippen molar-refractivity contribution in [3.63, 3.8) is 0 Å². The van der Waals surface area contributed by atoms with Gasteiger partial charge in [-0.05, 0) is 19.9 Å². The van der Waals surface area contributed by atoms with Crippen LogP contribution in [-0.2, 0) is 17.9 Å². The summed E-state index contributed by atoms with van der Waals surface area (Å²) in [5, 5.41) is 11.9. The summed E-state index contributed by atoms with van der Waals surface area (Å²) in [4.78, 5) is 24.4. The van der Waals surface area contributed by atoms with Gasteiger partial charge in [0.2, 0.25) is 5.91 Å². The quantitative estimate of drug-likeness (QED) is 0.784. The largest absolute Gasteiger partial charge is 0.361 e. The van der Waals surface area contributed by atoms with Crippen LogP contribution in [-0.4, -0.2) is 20.8 Å². The van der Waals surface area contributed by atoms with E-state index in [-0.39, 0.29) is 18.0 Å². The lowest BCUT2D eigenvalue weighted by Gasteiger charge is -2.07. The predicted octanol–water partition coefficient (Wildman–Crippen LogP) is 1.32. The van der Waals surface area contributed by atoms with E-state index in [0.29, 0.717) is 17.7 Å². The van der Waals surface area contributed by atoms with Gasteiger partial charge >= 0.3 is 0 Å². The molecule has 2 heterocycles. The molecular formula is C16H16N4O3. The molecule has 0 radical (unpaired) electrons. The van der Waals surface area contributed by atoms with Gasteiger partial charge in [0.05, 0.1) is 17.3 Å². The lowest BCUT2D eigenvalue weighted by Crippen LogP contribution is -2.33. The maximum Gasteiger partial charge on any atom is 0.275 e.